The third-order valence-corrected chi connectivity index (χ3v) is 4.00. The fraction of sp³-hybridized carbons (Fsp3) is 0.500. The minimum Gasteiger partial charge on any atom is -0.481 e. The Bertz CT molecular complexity index is 436. The highest BCUT2D eigenvalue weighted by Crippen LogP contribution is 2.20. The predicted octanol–water partition coefficient (Wildman–Crippen LogP) is 1.74. The molecular formula is C14H20N2O2S. The second-order valence-electron chi connectivity index (χ2n) is 4.77. The summed E-state index contributed by atoms with van der Waals surface area (Å²) in [4.78, 5) is 15.1. The smallest absolute Gasteiger partial charge is 0.263 e. The van der Waals surface area contributed by atoms with Gasteiger partial charge < -0.3 is 15.4 Å². The second-order valence-corrected chi connectivity index (χ2v) is 5.65. The molecule has 5 heteroatoms. The average Bonchev–Trinajstić information content (AvgIpc) is 2.85. The fourth-order valence-electron chi connectivity index (χ4n) is 2.15. The number of nitrogens with zero attached hydrogens (tertiary/aromatic N) is 1. The molecule has 2 atom stereocenters. The summed E-state index contributed by atoms with van der Waals surface area (Å²) in [5, 5.41) is 0. The van der Waals surface area contributed by atoms with Gasteiger partial charge in [0.2, 0.25) is 0 Å². The van der Waals surface area contributed by atoms with Crippen LogP contribution in [0.5, 0.6) is 5.75 Å². The second kappa shape index (κ2) is 6.30. The Morgan fingerprint density at radius 1 is 1.47 bits per heavy atom. The number of carbonyl (C=O) groups is 1. The molecule has 1 heterocycles. The minimum atomic E-state index is -0.467. The molecule has 1 saturated heterocycles. The van der Waals surface area contributed by atoms with Gasteiger partial charge in [0.15, 0.2) is 6.10 Å². The van der Waals surface area contributed by atoms with Crippen LogP contribution in [0.2, 0.25) is 0 Å². The van der Waals surface area contributed by atoms with Gasteiger partial charge in [-0.05, 0) is 43.9 Å². The van der Waals surface area contributed by atoms with Gasteiger partial charge in [0.05, 0.1) is 0 Å². The van der Waals surface area contributed by atoms with Crippen LogP contribution in [0.3, 0.4) is 0 Å². The molecular weight excluding hydrogens is 260 g/mol. The molecule has 0 aromatic heterocycles. The molecule has 19 heavy (non-hydrogen) atoms. The van der Waals surface area contributed by atoms with E-state index in [1.807, 2.05) is 30.5 Å². The quantitative estimate of drug-likeness (QED) is 0.854. The molecule has 0 bridgehead atoms. The van der Waals surface area contributed by atoms with E-state index in [1.54, 1.807) is 23.6 Å². The first-order valence-electron chi connectivity index (χ1n) is 6.45. The Morgan fingerprint density at radius 2 is 2.16 bits per heavy atom. The SMILES string of the molecule is CSc1ccc(OC(C)C(=O)N2CC[C@@H](N)C2)cc1. The number of likely N-dealkylation sites (tertiary alicyclic amines) is 1. The van der Waals surface area contributed by atoms with Crippen LogP contribution in [0.15, 0.2) is 29.2 Å². The molecule has 2 rings (SSSR count). The van der Waals surface area contributed by atoms with Crippen molar-refractivity contribution in [3.05, 3.63) is 24.3 Å². The zero-order valence-corrected chi connectivity index (χ0v) is 12.2. The lowest BCUT2D eigenvalue weighted by molar-refractivity contribution is -0.136. The van der Waals surface area contributed by atoms with Crippen LogP contribution in [0.1, 0.15) is 13.3 Å². The summed E-state index contributed by atoms with van der Waals surface area (Å²) >= 11 is 1.68. The number of hydrogen-bond donors (Lipinski definition) is 1. The average molecular weight is 280 g/mol. The van der Waals surface area contributed by atoms with E-state index in [-0.39, 0.29) is 11.9 Å². The number of carbonyl (C=O) groups excluding carboxylic acids is 1. The van der Waals surface area contributed by atoms with Crippen molar-refractivity contribution in [2.45, 2.75) is 30.4 Å². The van der Waals surface area contributed by atoms with Crippen LogP contribution in [-0.2, 0) is 4.79 Å². The largest absolute Gasteiger partial charge is 0.481 e. The Balaban J connectivity index is 1.92. The number of nitrogens with two attached hydrogens (primary N) is 1. The van der Waals surface area contributed by atoms with Gasteiger partial charge in [0, 0.05) is 24.0 Å². The lowest BCUT2D eigenvalue weighted by atomic mass is 10.3. The number of ether oxygens (including phenoxy) is 1. The van der Waals surface area contributed by atoms with Crippen LogP contribution in [0, 0.1) is 0 Å². The Kier molecular flexibility index (Phi) is 4.71. The van der Waals surface area contributed by atoms with E-state index < -0.39 is 6.10 Å². The normalized spacial score (nSPS) is 20.4. The molecule has 2 N–H and O–H groups in total. The van der Waals surface area contributed by atoms with E-state index in [0.717, 1.165) is 18.7 Å². The van der Waals surface area contributed by atoms with Crippen LogP contribution >= 0.6 is 11.8 Å². The molecule has 1 aromatic rings. The van der Waals surface area contributed by atoms with Crippen LogP contribution in [0.25, 0.3) is 0 Å². The molecule has 0 radical (unpaired) electrons. The first kappa shape index (κ1) is 14.2. The van der Waals surface area contributed by atoms with Crippen molar-refractivity contribution >= 4 is 17.7 Å². The van der Waals surface area contributed by atoms with E-state index in [1.165, 1.54) is 4.90 Å². The third-order valence-electron chi connectivity index (χ3n) is 3.26. The minimum absolute atomic E-state index is 0.0156. The Morgan fingerprint density at radius 3 is 2.68 bits per heavy atom. The van der Waals surface area contributed by atoms with Crippen molar-refractivity contribution in [2.24, 2.45) is 5.73 Å². The Hall–Kier alpha value is -1.20. The van der Waals surface area contributed by atoms with Crippen LogP contribution < -0.4 is 10.5 Å². The highest BCUT2D eigenvalue weighted by Gasteiger charge is 2.28. The zero-order chi connectivity index (χ0) is 13.8. The molecule has 104 valence electrons. The number of benzene rings is 1. The molecule has 1 aliphatic heterocycles. The summed E-state index contributed by atoms with van der Waals surface area (Å²) in [5.74, 6) is 0.740. The van der Waals surface area contributed by atoms with Gasteiger partial charge in [0.1, 0.15) is 5.75 Å². The first-order valence-corrected chi connectivity index (χ1v) is 7.67. The van der Waals surface area contributed by atoms with Crippen molar-refractivity contribution in [1.29, 1.82) is 0 Å². The van der Waals surface area contributed by atoms with Gasteiger partial charge in [-0.1, -0.05) is 0 Å². The van der Waals surface area contributed by atoms with Gasteiger partial charge >= 0.3 is 0 Å². The molecule has 4 nitrogen and oxygen atoms in total. The van der Waals surface area contributed by atoms with Gasteiger partial charge in [-0.2, -0.15) is 0 Å². The lowest BCUT2D eigenvalue weighted by Crippen LogP contribution is -2.40. The summed E-state index contributed by atoms with van der Waals surface area (Å²) in [5.41, 5.74) is 5.81. The first-order chi connectivity index (χ1) is 9.10. The zero-order valence-electron chi connectivity index (χ0n) is 11.3. The molecule has 0 saturated carbocycles. The Labute approximate surface area is 118 Å². The fourth-order valence-corrected chi connectivity index (χ4v) is 2.56. The summed E-state index contributed by atoms with van der Waals surface area (Å²) in [6, 6.07) is 7.87. The summed E-state index contributed by atoms with van der Waals surface area (Å²) in [6.07, 6.45) is 2.44. The maximum atomic E-state index is 12.2. The van der Waals surface area contributed by atoms with Gasteiger partial charge in [0.25, 0.3) is 5.91 Å². The molecule has 1 aromatic carbocycles. The standard InChI is InChI=1S/C14H20N2O2S/c1-10(14(17)16-8-7-11(15)9-16)18-12-3-5-13(19-2)6-4-12/h3-6,10-11H,7-9,15H2,1-2H3/t10?,11-/m1/s1. The molecule has 1 aliphatic rings. The van der Waals surface area contributed by atoms with E-state index in [0.29, 0.717) is 6.54 Å². The number of amides is 1. The topological polar surface area (TPSA) is 55.6 Å². The van der Waals surface area contributed by atoms with Crippen molar-refractivity contribution in [1.82, 2.24) is 4.90 Å². The van der Waals surface area contributed by atoms with Crippen molar-refractivity contribution < 1.29 is 9.53 Å². The molecule has 1 unspecified atom stereocenters. The van der Waals surface area contributed by atoms with Gasteiger partial charge in [-0.25, -0.2) is 0 Å². The summed E-state index contributed by atoms with van der Waals surface area (Å²) in [7, 11) is 0. The van der Waals surface area contributed by atoms with Crippen LogP contribution in [0.4, 0.5) is 0 Å². The van der Waals surface area contributed by atoms with Crippen molar-refractivity contribution in [2.75, 3.05) is 19.3 Å². The maximum absolute atomic E-state index is 12.2. The van der Waals surface area contributed by atoms with E-state index >= 15 is 0 Å². The monoisotopic (exact) mass is 280 g/mol. The van der Waals surface area contributed by atoms with Gasteiger partial charge in [-0.3, -0.25) is 4.79 Å². The number of thioether (sulfide) groups is 1. The van der Waals surface area contributed by atoms with E-state index in [4.69, 9.17) is 10.5 Å². The molecule has 0 spiro atoms. The highest BCUT2D eigenvalue weighted by molar-refractivity contribution is 7.98. The summed E-state index contributed by atoms with van der Waals surface area (Å²) < 4.78 is 5.68. The maximum Gasteiger partial charge on any atom is 0.263 e. The molecule has 1 fully saturated rings. The molecule has 0 aliphatic carbocycles. The van der Waals surface area contributed by atoms with E-state index in [9.17, 15) is 4.79 Å². The van der Waals surface area contributed by atoms with Crippen molar-refractivity contribution in [3.8, 4) is 5.75 Å². The third kappa shape index (κ3) is 3.64. The molecule has 1 amide bonds. The summed E-state index contributed by atoms with van der Waals surface area (Å²) in [6.45, 7) is 3.16. The number of hydrogen-bond acceptors (Lipinski definition) is 4. The van der Waals surface area contributed by atoms with E-state index in [2.05, 4.69) is 0 Å². The number of rotatable bonds is 4. The highest BCUT2D eigenvalue weighted by atomic mass is 32.2. The van der Waals surface area contributed by atoms with Crippen LogP contribution in [-0.4, -0.2) is 42.3 Å². The predicted molar refractivity (Wildman–Crippen MR) is 77.5 cm³/mol. The lowest BCUT2D eigenvalue weighted by Gasteiger charge is -2.21. The van der Waals surface area contributed by atoms with Crippen molar-refractivity contribution in [3.63, 3.8) is 0 Å². The van der Waals surface area contributed by atoms with Gasteiger partial charge in [-0.15, -0.1) is 11.8 Å².